The molecule has 0 heterocycles. The molecule has 22 heavy (non-hydrogen) atoms. The molecule has 0 fully saturated rings. The second-order valence-corrected chi connectivity index (χ2v) is 6.68. The van der Waals surface area contributed by atoms with E-state index >= 15 is 0 Å². The van der Waals surface area contributed by atoms with Crippen molar-refractivity contribution in [2.75, 3.05) is 7.11 Å². The lowest BCUT2D eigenvalue weighted by Gasteiger charge is -2.07. The fourth-order valence-electron chi connectivity index (χ4n) is 2.49. The SMILES string of the molecule is CCCCCCCC/C=C\CCCCCCC(S)C(=O)OC. The first kappa shape index (κ1) is 21.6. The van der Waals surface area contributed by atoms with Crippen LogP contribution in [0.4, 0.5) is 0 Å². The molecule has 0 saturated heterocycles. The maximum absolute atomic E-state index is 11.2. The highest BCUT2D eigenvalue weighted by Crippen LogP contribution is 2.12. The summed E-state index contributed by atoms with van der Waals surface area (Å²) in [6.07, 6.45) is 20.9. The van der Waals surface area contributed by atoms with Gasteiger partial charge in [-0.05, 0) is 32.1 Å². The topological polar surface area (TPSA) is 26.3 Å². The zero-order valence-corrected chi connectivity index (χ0v) is 15.6. The molecule has 3 heteroatoms. The summed E-state index contributed by atoms with van der Waals surface area (Å²) >= 11 is 4.24. The highest BCUT2D eigenvalue weighted by Gasteiger charge is 2.12. The van der Waals surface area contributed by atoms with Crippen LogP contribution in [0.2, 0.25) is 0 Å². The number of hydrogen-bond donors (Lipinski definition) is 1. The molecule has 0 aromatic heterocycles. The van der Waals surface area contributed by atoms with Crippen LogP contribution >= 0.6 is 12.6 Å². The molecule has 2 nitrogen and oxygen atoms in total. The zero-order chi connectivity index (χ0) is 16.5. The summed E-state index contributed by atoms with van der Waals surface area (Å²) in [5, 5.41) is -0.248. The van der Waals surface area contributed by atoms with Crippen molar-refractivity contribution in [3.63, 3.8) is 0 Å². The second-order valence-electron chi connectivity index (χ2n) is 6.06. The third kappa shape index (κ3) is 14.5. The summed E-state index contributed by atoms with van der Waals surface area (Å²) in [5.74, 6) is -0.207. The van der Waals surface area contributed by atoms with E-state index in [-0.39, 0.29) is 11.2 Å². The normalized spacial score (nSPS) is 12.7. The summed E-state index contributed by atoms with van der Waals surface area (Å²) in [6, 6.07) is 0. The van der Waals surface area contributed by atoms with Gasteiger partial charge in [-0.15, -0.1) is 0 Å². The third-order valence-electron chi connectivity index (χ3n) is 3.96. The third-order valence-corrected chi connectivity index (χ3v) is 4.43. The highest BCUT2D eigenvalue weighted by atomic mass is 32.1. The minimum atomic E-state index is -0.248. The van der Waals surface area contributed by atoms with Crippen molar-refractivity contribution in [3.05, 3.63) is 12.2 Å². The maximum Gasteiger partial charge on any atom is 0.318 e. The van der Waals surface area contributed by atoms with E-state index < -0.39 is 0 Å². The molecule has 0 radical (unpaired) electrons. The lowest BCUT2D eigenvalue weighted by molar-refractivity contribution is -0.140. The van der Waals surface area contributed by atoms with Crippen LogP contribution < -0.4 is 0 Å². The molecule has 130 valence electrons. The molecule has 0 rings (SSSR count). The smallest absolute Gasteiger partial charge is 0.318 e. The van der Waals surface area contributed by atoms with E-state index in [1.807, 2.05) is 0 Å². The lowest BCUT2D eigenvalue weighted by Crippen LogP contribution is -2.15. The zero-order valence-electron chi connectivity index (χ0n) is 14.7. The van der Waals surface area contributed by atoms with Crippen molar-refractivity contribution >= 4 is 18.6 Å². The molecule has 0 aromatic rings. The molecule has 1 atom stereocenters. The number of carbonyl (C=O) groups is 1. The van der Waals surface area contributed by atoms with Gasteiger partial charge >= 0.3 is 5.97 Å². The predicted octanol–water partition coefficient (Wildman–Crippen LogP) is 6.11. The van der Waals surface area contributed by atoms with Gasteiger partial charge in [-0.1, -0.05) is 70.4 Å². The number of allylic oxidation sites excluding steroid dienone is 2. The Bertz CT molecular complexity index is 277. The van der Waals surface area contributed by atoms with Gasteiger partial charge in [0.05, 0.1) is 12.4 Å². The number of carbonyl (C=O) groups excluding carboxylic acids is 1. The van der Waals surface area contributed by atoms with Crippen LogP contribution in [0.3, 0.4) is 0 Å². The Hall–Kier alpha value is -0.440. The van der Waals surface area contributed by atoms with Gasteiger partial charge in [0.25, 0.3) is 0 Å². The summed E-state index contributed by atoms with van der Waals surface area (Å²) in [5.41, 5.74) is 0. The average Bonchev–Trinajstić information content (AvgIpc) is 2.54. The number of thiol groups is 1. The van der Waals surface area contributed by atoms with Gasteiger partial charge in [-0.3, -0.25) is 4.79 Å². The molecule has 0 aliphatic carbocycles. The monoisotopic (exact) mass is 328 g/mol. The Morgan fingerprint density at radius 2 is 1.41 bits per heavy atom. The van der Waals surface area contributed by atoms with Crippen molar-refractivity contribution in [1.82, 2.24) is 0 Å². The predicted molar refractivity (Wildman–Crippen MR) is 99.6 cm³/mol. The van der Waals surface area contributed by atoms with E-state index in [0.717, 1.165) is 12.8 Å². The minimum Gasteiger partial charge on any atom is -0.468 e. The average molecular weight is 329 g/mol. The molecule has 0 bridgehead atoms. The summed E-state index contributed by atoms with van der Waals surface area (Å²) in [7, 11) is 1.42. The van der Waals surface area contributed by atoms with Crippen molar-refractivity contribution < 1.29 is 9.53 Å². The van der Waals surface area contributed by atoms with Crippen molar-refractivity contribution in [2.24, 2.45) is 0 Å². The van der Waals surface area contributed by atoms with Gasteiger partial charge in [0.1, 0.15) is 0 Å². The number of ether oxygens (including phenoxy) is 1. The number of methoxy groups -OCH3 is 1. The minimum absolute atomic E-state index is 0.207. The molecule has 0 saturated carbocycles. The van der Waals surface area contributed by atoms with Crippen LogP contribution in [-0.2, 0) is 9.53 Å². The van der Waals surface area contributed by atoms with Crippen LogP contribution in [0.5, 0.6) is 0 Å². The molecule has 0 aliphatic rings. The number of hydrogen-bond acceptors (Lipinski definition) is 3. The van der Waals surface area contributed by atoms with E-state index in [2.05, 4.69) is 36.4 Å². The van der Waals surface area contributed by atoms with Crippen molar-refractivity contribution in [2.45, 2.75) is 95.6 Å². The Kier molecular flexibility index (Phi) is 16.6. The van der Waals surface area contributed by atoms with E-state index in [1.165, 1.54) is 77.7 Å². The largest absolute Gasteiger partial charge is 0.468 e. The molecule has 0 aliphatic heterocycles. The van der Waals surface area contributed by atoms with Gasteiger partial charge in [-0.2, -0.15) is 12.6 Å². The molecule has 1 unspecified atom stereocenters. The second kappa shape index (κ2) is 16.9. The number of esters is 1. The van der Waals surface area contributed by atoms with Crippen LogP contribution in [0.25, 0.3) is 0 Å². The summed E-state index contributed by atoms with van der Waals surface area (Å²) in [4.78, 5) is 11.2. The number of unbranched alkanes of at least 4 members (excludes halogenated alkanes) is 10. The quantitative estimate of drug-likeness (QED) is 0.170. The lowest BCUT2D eigenvalue weighted by atomic mass is 10.1. The molecule has 0 N–H and O–H groups in total. The standard InChI is InChI=1S/C19H36O2S/c1-3-4-5-6-7-8-9-10-11-12-13-14-15-16-17-18(22)19(20)21-2/h10-11,18,22H,3-9,12-17H2,1-2H3/b11-10-. The Balaban J connectivity index is 3.22. The van der Waals surface area contributed by atoms with Gasteiger partial charge in [-0.25, -0.2) is 0 Å². The van der Waals surface area contributed by atoms with Crippen LogP contribution in [0.1, 0.15) is 90.4 Å². The van der Waals surface area contributed by atoms with E-state index in [1.54, 1.807) is 0 Å². The van der Waals surface area contributed by atoms with Gasteiger partial charge in [0, 0.05) is 0 Å². The fraction of sp³-hybridized carbons (Fsp3) is 0.842. The van der Waals surface area contributed by atoms with Crippen molar-refractivity contribution in [3.8, 4) is 0 Å². The molecular formula is C19H36O2S. The summed E-state index contributed by atoms with van der Waals surface area (Å²) in [6.45, 7) is 2.26. The van der Waals surface area contributed by atoms with Crippen LogP contribution in [-0.4, -0.2) is 18.3 Å². The fourth-order valence-corrected chi connectivity index (χ4v) is 2.77. The van der Waals surface area contributed by atoms with Crippen molar-refractivity contribution in [1.29, 1.82) is 0 Å². The molecular weight excluding hydrogens is 292 g/mol. The van der Waals surface area contributed by atoms with Gasteiger partial charge in [0.2, 0.25) is 0 Å². The number of rotatable bonds is 15. The Labute approximate surface area is 143 Å². The first-order valence-electron chi connectivity index (χ1n) is 9.13. The molecule has 0 amide bonds. The molecule has 0 aromatic carbocycles. The van der Waals surface area contributed by atoms with Gasteiger partial charge in [0.15, 0.2) is 0 Å². The summed E-state index contributed by atoms with van der Waals surface area (Å²) < 4.78 is 4.66. The Morgan fingerprint density at radius 1 is 0.909 bits per heavy atom. The van der Waals surface area contributed by atoms with Gasteiger partial charge < -0.3 is 4.74 Å². The van der Waals surface area contributed by atoms with Crippen LogP contribution in [0.15, 0.2) is 12.2 Å². The van der Waals surface area contributed by atoms with E-state index in [0.29, 0.717) is 0 Å². The maximum atomic E-state index is 11.2. The molecule has 0 spiro atoms. The van der Waals surface area contributed by atoms with Crippen LogP contribution in [0, 0.1) is 0 Å². The highest BCUT2D eigenvalue weighted by molar-refractivity contribution is 7.81. The first-order chi connectivity index (χ1) is 10.7. The van der Waals surface area contributed by atoms with E-state index in [9.17, 15) is 4.79 Å². The first-order valence-corrected chi connectivity index (χ1v) is 9.64. The van der Waals surface area contributed by atoms with E-state index in [4.69, 9.17) is 0 Å². The Morgan fingerprint density at radius 3 is 1.95 bits per heavy atom.